The Labute approximate surface area is 138 Å². The van der Waals surface area contributed by atoms with Crippen LogP contribution in [0.3, 0.4) is 0 Å². The van der Waals surface area contributed by atoms with Gasteiger partial charge >= 0.3 is 0 Å². The van der Waals surface area contributed by atoms with Crippen LogP contribution in [0.2, 0.25) is 0 Å². The number of rotatable bonds is 3. The van der Waals surface area contributed by atoms with E-state index in [9.17, 15) is 9.59 Å². The summed E-state index contributed by atoms with van der Waals surface area (Å²) in [5.41, 5.74) is 0.618. The van der Waals surface area contributed by atoms with Crippen molar-refractivity contribution in [3.05, 3.63) is 11.1 Å². The summed E-state index contributed by atoms with van der Waals surface area (Å²) < 4.78 is 0. The highest BCUT2D eigenvalue weighted by molar-refractivity contribution is 7.99. The summed E-state index contributed by atoms with van der Waals surface area (Å²) in [7, 11) is 0. The van der Waals surface area contributed by atoms with Crippen molar-refractivity contribution < 1.29 is 9.59 Å². The van der Waals surface area contributed by atoms with E-state index in [4.69, 9.17) is 0 Å². The van der Waals surface area contributed by atoms with Crippen LogP contribution in [0.4, 0.5) is 5.13 Å². The molecule has 2 heterocycles. The van der Waals surface area contributed by atoms with Gasteiger partial charge in [-0.05, 0) is 12.8 Å². The van der Waals surface area contributed by atoms with Gasteiger partial charge < -0.3 is 10.2 Å². The Morgan fingerprint density at radius 3 is 2.73 bits per heavy atom. The van der Waals surface area contributed by atoms with Crippen molar-refractivity contribution in [2.75, 3.05) is 16.9 Å². The first-order valence-electron chi connectivity index (χ1n) is 7.51. The van der Waals surface area contributed by atoms with E-state index in [0.29, 0.717) is 22.7 Å². The molecule has 1 saturated carbocycles. The van der Waals surface area contributed by atoms with Crippen molar-refractivity contribution in [3.8, 4) is 0 Å². The van der Waals surface area contributed by atoms with Crippen LogP contribution in [-0.2, 0) is 9.59 Å². The van der Waals surface area contributed by atoms with E-state index in [1.807, 2.05) is 26.2 Å². The molecule has 2 aliphatic rings. The average Bonchev–Trinajstić information content (AvgIpc) is 3.00. The predicted octanol–water partition coefficient (Wildman–Crippen LogP) is 2.91. The summed E-state index contributed by atoms with van der Waals surface area (Å²) in [6.45, 7) is 5.65. The van der Waals surface area contributed by atoms with Crippen LogP contribution in [0.5, 0.6) is 0 Å². The standard InChI is InChI=1S/C15H21N3O2S2/c1-15(2,3)13(20)18-8-21-7-11(18)12(19)17-14-16-10(6-22-14)9-4-5-9/h6,9,11H,4-5,7-8H2,1-3H3,(H,16,17,19)/t11-/m1/s1. The number of hydrogen-bond acceptors (Lipinski definition) is 5. The van der Waals surface area contributed by atoms with Gasteiger partial charge in [-0.15, -0.1) is 23.1 Å². The average molecular weight is 339 g/mol. The molecule has 1 aliphatic heterocycles. The predicted molar refractivity (Wildman–Crippen MR) is 90.1 cm³/mol. The Bertz CT molecular complexity index is 590. The molecule has 22 heavy (non-hydrogen) atoms. The summed E-state index contributed by atoms with van der Waals surface area (Å²) in [4.78, 5) is 31.1. The van der Waals surface area contributed by atoms with Crippen molar-refractivity contribution >= 4 is 40.0 Å². The zero-order valence-corrected chi connectivity index (χ0v) is 14.7. The molecule has 0 spiro atoms. The zero-order valence-electron chi connectivity index (χ0n) is 13.1. The van der Waals surface area contributed by atoms with Gasteiger partial charge in [-0.25, -0.2) is 4.98 Å². The van der Waals surface area contributed by atoms with E-state index in [2.05, 4.69) is 10.3 Å². The first-order valence-corrected chi connectivity index (χ1v) is 9.55. The van der Waals surface area contributed by atoms with Crippen molar-refractivity contribution in [2.24, 2.45) is 5.41 Å². The van der Waals surface area contributed by atoms with E-state index in [0.717, 1.165) is 5.69 Å². The minimum atomic E-state index is -0.468. The second kappa shape index (κ2) is 5.85. The molecule has 1 aromatic heterocycles. The Balaban J connectivity index is 1.66. The number of thiazole rings is 1. The lowest BCUT2D eigenvalue weighted by atomic mass is 9.94. The van der Waals surface area contributed by atoms with Crippen LogP contribution < -0.4 is 5.32 Å². The van der Waals surface area contributed by atoms with Crippen LogP contribution in [0.15, 0.2) is 5.38 Å². The number of aromatic nitrogens is 1. The van der Waals surface area contributed by atoms with Crippen LogP contribution in [0.25, 0.3) is 0 Å². The van der Waals surface area contributed by atoms with Crippen LogP contribution in [0, 0.1) is 5.41 Å². The molecule has 1 aromatic rings. The van der Waals surface area contributed by atoms with Gasteiger partial charge in [0.2, 0.25) is 11.8 Å². The van der Waals surface area contributed by atoms with Crippen molar-refractivity contribution in [1.82, 2.24) is 9.88 Å². The molecule has 1 atom stereocenters. The fourth-order valence-corrected chi connectivity index (χ4v) is 4.34. The van der Waals surface area contributed by atoms with E-state index in [1.165, 1.54) is 24.2 Å². The maximum atomic E-state index is 12.5. The van der Waals surface area contributed by atoms with Crippen molar-refractivity contribution in [1.29, 1.82) is 0 Å². The number of nitrogens with zero attached hydrogens (tertiary/aromatic N) is 2. The highest BCUT2D eigenvalue weighted by atomic mass is 32.2. The van der Waals surface area contributed by atoms with Gasteiger partial charge in [0.25, 0.3) is 0 Å². The molecule has 1 saturated heterocycles. The summed E-state index contributed by atoms with van der Waals surface area (Å²) in [5, 5.41) is 5.55. The highest BCUT2D eigenvalue weighted by Gasteiger charge is 2.39. The van der Waals surface area contributed by atoms with E-state index in [1.54, 1.807) is 16.7 Å². The molecule has 3 rings (SSSR count). The lowest BCUT2D eigenvalue weighted by Crippen LogP contribution is -2.48. The number of anilines is 1. The lowest BCUT2D eigenvalue weighted by molar-refractivity contribution is -0.143. The van der Waals surface area contributed by atoms with Crippen LogP contribution in [-0.4, -0.2) is 39.4 Å². The second-order valence-corrected chi connectivity index (χ2v) is 8.74. The number of hydrogen-bond donors (Lipinski definition) is 1. The number of carbonyl (C=O) groups excluding carboxylic acids is 2. The summed E-state index contributed by atoms with van der Waals surface area (Å²) in [6, 6.07) is -0.398. The first-order chi connectivity index (χ1) is 10.4. The van der Waals surface area contributed by atoms with Gasteiger partial charge in [-0.2, -0.15) is 0 Å². The van der Waals surface area contributed by atoms with Gasteiger partial charge in [0.15, 0.2) is 5.13 Å². The summed E-state index contributed by atoms with van der Waals surface area (Å²) in [5.74, 6) is 1.71. The molecule has 2 fully saturated rings. The van der Waals surface area contributed by atoms with E-state index in [-0.39, 0.29) is 11.8 Å². The quantitative estimate of drug-likeness (QED) is 0.920. The maximum Gasteiger partial charge on any atom is 0.249 e. The number of thioether (sulfide) groups is 1. The third-order valence-corrected chi connectivity index (χ3v) is 5.62. The minimum absolute atomic E-state index is 0.0236. The normalized spacial score (nSPS) is 22.0. The Kier molecular flexibility index (Phi) is 4.20. The molecule has 0 unspecified atom stereocenters. The Morgan fingerprint density at radius 2 is 2.09 bits per heavy atom. The number of amides is 2. The SMILES string of the molecule is CC(C)(C)C(=O)N1CSC[C@@H]1C(=O)Nc1nc(C2CC2)cs1. The highest BCUT2D eigenvalue weighted by Crippen LogP contribution is 2.41. The Morgan fingerprint density at radius 1 is 1.36 bits per heavy atom. The number of nitrogens with one attached hydrogen (secondary N) is 1. The van der Waals surface area contributed by atoms with Crippen LogP contribution >= 0.6 is 23.1 Å². The van der Waals surface area contributed by atoms with Gasteiger partial charge in [0.05, 0.1) is 11.6 Å². The molecule has 0 aromatic carbocycles. The topological polar surface area (TPSA) is 62.3 Å². The van der Waals surface area contributed by atoms with Crippen molar-refractivity contribution in [3.63, 3.8) is 0 Å². The van der Waals surface area contributed by atoms with Crippen molar-refractivity contribution in [2.45, 2.75) is 45.6 Å². The second-order valence-electron chi connectivity index (χ2n) is 6.88. The largest absolute Gasteiger partial charge is 0.320 e. The maximum absolute atomic E-state index is 12.5. The fraction of sp³-hybridized carbons (Fsp3) is 0.667. The molecule has 0 bridgehead atoms. The molecular formula is C15H21N3O2S2. The summed E-state index contributed by atoms with van der Waals surface area (Å²) in [6.07, 6.45) is 2.40. The fourth-order valence-electron chi connectivity index (χ4n) is 2.39. The minimum Gasteiger partial charge on any atom is -0.320 e. The molecule has 7 heteroatoms. The molecule has 1 N–H and O–H groups in total. The zero-order chi connectivity index (χ0) is 15.9. The number of carbonyl (C=O) groups is 2. The smallest absolute Gasteiger partial charge is 0.249 e. The van der Waals surface area contributed by atoms with E-state index >= 15 is 0 Å². The Hall–Kier alpha value is -1.08. The monoisotopic (exact) mass is 339 g/mol. The third-order valence-electron chi connectivity index (χ3n) is 3.84. The van der Waals surface area contributed by atoms with Gasteiger partial charge in [0, 0.05) is 22.5 Å². The van der Waals surface area contributed by atoms with Gasteiger partial charge in [-0.1, -0.05) is 20.8 Å². The molecule has 0 radical (unpaired) electrons. The molecule has 1 aliphatic carbocycles. The molecular weight excluding hydrogens is 318 g/mol. The first kappa shape index (κ1) is 15.8. The third kappa shape index (κ3) is 3.30. The summed E-state index contributed by atoms with van der Waals surface area (Å²) >= 11 is 3.09. The lowest BCUT2D eigenvalue weighted by Gasteiger charge is -2.29. The van der Waals surface area contributed by atoms with Crippen LogP contribution in [0.1, 0.15) is 45.2 Å². The van der Waals surface area contributed by atoms with Gasteiger partial charge in [0.1, 0.15) is 6.04 Å². The molecule has 5 nitrogen and oxygen atoms in total. The van der Waals surface area contributed by atoms with Gasteiger partial charge in [-0.3, -0.25) is 9.59 Å². The molecule has 2 amide bonds. The van der Waals surface area contributed by atoms with E-state index < -0.39 is 11.5 Å². The molecule has 120 valence electrons.